The zero-order chi connectivity index (χ0) is 17.0. The summed E-state index contributed by atoms with van der Waals surface area (Å²) in [6, 6.07) is 9.10. The standard InChI is InChI=1S/C16H12FNO5/c17-12-3-1-2-11(16(22)23)13(12)14(19)18-8-9-4-6-10(7-5-9)15(20)21/h1-7H,8H2,(H,18,19)(H,20,21)(H,22,23). The molecular formula is C16H12FNO5. The molecule has 3 N–H and O–H groups in total. The van der Waals surface area contributed by atoms with Gasteiger partial charge in [-0.2, -0.15) is 0 Å². The van der Waals surface area contributed by atoms with Crippen LogP contribution < -0.4 is 5.32 Å². The van der Waals surface area contributed by atoms with Crippen molar-refractivity contribution in [2.45, 2.75) is 6.54 Å². The fourth-order valence-electron chi connectivity index (χ4n) is 1.97. The van der Waals surface area contributed by atoms with Crippen LogP contribution in [-0.4, -0.2) is 28.1 Å². The fourth-order valence-corrected chi connectivity index (χ4v) is 1.97. The van der Waals surface area contributed by atoms with Crippen LogP contribution in [0.2, 0.25) is 0 Å². The predicted octanol–water partition coefficient (Wildman–Crippen LogP) is 2.15. The van der Waals surface area contributed by atoms with Crippen molar-refractivity contribution < 1.29 is 29.0 Å². The molecule has 0 fully saturated rings. The van der Waals surface area contributed by atoms with E-state index < -0.39 is 34.8 Å². The van der Waals surface area contributed by atoms with Gasteiger partial charge in [0.2, 0.25) is 0 Å². The summed E-state index contributed by atoms with van der Waals surface area (Å²) in [5, 5.41) is 20.2. The smallest absolute Gasteiger partial charge is 0.336 e. The maximum absolute atomic E-state index is 13.7. The van der Waals surface area contributed by atoms with E-state index in [0.717, 1.165) is 12.1 Å². The summed E-state index contributed by atoms with van der Waals surface area (Å²) in [7, 11) is 0. The lowest BCUT2D eigenvalue weighted by atomic mass is 10.1. The second-order valence-corrected chi connectivity index (χ2v) is 4.65. The van der Waals surface area contributed by atoms with Crippen LogP contribution in [0.4, 0.5) is 4.39 Å². The van der Waals surface area contributed by atoms with E-state index in [1.54, 1.807) is 0 Å². The van der Waals surface area contributed by atoms with Crippen LogP contribution in [0, 0.1) is 5.82 Å². The van der Waals surface area contributed by atoms with E-state index in [0.29, 0.717) is 5.56 Å². The Hall–Kier alpha value is -3.22. The van der Waals surface area contributed by atoms with Crippen molar-refractivity contribution in [2.75, 3.05) is 0 Å². The monoisotopic (exact) mass is 317 g/mol. The Labute approximate surface area is 130 Å². The molecule has 0 spiro atoms. The van der Waals surface area contributed by atoms with Gasteiger partial charge < -0.3 is 15.5 Å². The number of carbonyl (C=O) groups is 3. The number of amides is 1. The Kier molecular flexibility index (Phi) is 4.70. The first-order valence-corrected chi connectivity index (χ1v) is 6.52. The van der Waals surface area contributed by atoms with Crippen LogP contribution in [0.1, 0.15) is 36.6 Å². The van der Waals surface area contributed by atoms with E-state index in [1.165, 1.54) is 30.3 Å². The maximum atomic E-state index is 13.7. The highest BCUT2D eigenvalue weighted by molar-refractivity contribution is 6.04. The Morgan fingerprint density at radius 3 is 2.17 bits per heavy atom. The zero-order valence-electron chi connectivity index (χ0n) is 11.7. The lowest BCUT2D eigenvalue weighted by Crippen LogP contribution is -2.26. The summed E-state index contributed by atoms with van der Waals surface area (Å²) < 4.78 is 13.7. The minimum atomic E-state index is -1.40. The Morgan fingerprint density at radius 2 is 1.61 bits per heavy atom. The number of carboxylic acids is 2. The van der Waals surface area contributed by atoms with Crippen LogP contribution in [0.25, 0.3) is 0 Å². The van der Waals surface area contributed by atoms with Crippen LogP contribution in [0.5, 0.6) is 0 Å². The maximum Gasteiger partial charge on any atom is 0.336 e. The SMILES string of the molecule is O=C(O)c1ccc(CNC(=O)c2c(F)cccc2C(=O)O)cc1. The number of carbonyl (C=O) groups excluding carboxylic acids is 1. The molecule has 1 amide bonds. The van der Waals surface area contributed by atoms with Crippen molar-refractivity contribution in [3.05, 3.63) is 70.5 Å². The van der Waals surface area contributed by atoms with Crippen LogP contribution >= 0.6 is 0 Å². The van der Waals surface area contributed by atoms with Gasteiger partial charge in [-0.05, 0) is 29.8 Å². The molecule has 0 aliphatic rings. The molecule has 2 rings (SSSR count). The molecule has 0 saturated heterocycles. The average Bonchev–Trinajstić information content (AvgIpc) is 2.52. The molecule has 2 aromatic carbocycles. The molecule has 0 unspecified atom stereocenters. The highest BCUT2D eigenvalue weighted by Crippen LogP contribution is 2.14. The molecule has 0 bridgehead atoms. The lowest BCUT2D eigenvalue weighted by Gasteiger charge is -2.09. The summed E-state index contributed by atoms with van der Waals surface area (Å²) in [4.78, 5) is 33.8. The first kappa shape index (κ1) is 16.2. The molecule has 23 heavy (non-hydrogen) atoms. The number of hydrogen-bond donors (Lipinski definition) is 3. The number of carboxylic acid groups (broad SMARTS) is 2. The minimum absolute atomic E-state index is 0.00608. The van der Waals surface area contributed by atoms with E-state index in [9.17, 15) is 18.8 Å². The average molecular weight is 317 g/mol. The van der Waals surface area contributed by atoms with Crippen LogP contribution in [0.3, 0.4) is 0 Å². The molecule has 0 atom stereocenters. The number of nitrogens with one attached hydrogen (secondary N) is 1. The predicted molar refractivity (Wildman–Crippen MR) is 77.9 cm³/mol. The quantitative estimate of drug-likeness (QED) is 0.784. The second kappa shape index (κ2) is 6.69. The Balaban J connectivity index is 2.14. The van der Waals surface area contributed by atoms with E-state index in [1.807, 2.05) is 0 Å². The molecule has 0 radical (unpaired) electrons. The van der Waals surface area contributed by atoms with Gasteiger partial charge >= 0.3 is 11.9 Å². The summed E-state index contributed by atoms with van der Waals surface area (Å²) in [6.07, 6.45) is 0. The van der Waals surface area contributed by atoms with Gasteiger partial charge in [-0.15, -0.1) is 0 Å². The number of rotatable bonds is 5. The highest BCUT2D eigenvalue weighted by Gasteiger charge is 2.20. The van der Waals surface area contributed by atoms with Crippen molar-refractivity contribution in [3.63, 3.8) is 0 Å². The van der Waals surface area contributed by atoms with Gasteiger partial charge in [0, 0.05) is 6.54 Å². The molecule has 2 aromatic rings. The number of halogens is 1. The van der Waals surface area contributed by atoms with Crippen molar-refractivity contribution >= 4 is 17.8 Å². The van der Waals surface area contributed by atoms with Gasteiger partial charge in [-0.1, -0.05) is 18.2 Å². The normalized spacial score (nSPS) is 10.1. The Morgan fingerprint density at radius 1 is 0.957 bits per heavy atom. The van der Waals surface area contributed by atoms with Gasteiger partial charge in [0.05, 0.1) is 16.7 Å². The van der Waals surface area contributed by atoms with Gasteiger partial charge in [-0.25, -0.2) is 14.0 Å². The molecule has 0 heterocycles. The summed E-state index contributed by atoms with van der Waals surface area (Å²) in [5.41, 5.74) is -0.273. The molecule has 0 aromatic heterocycles. The third-order valence-corrected chi connectivity index (χ3v) is 3.13. The van der Waals surface area contributed by atoms with Crippen molar-refractivity contribution in [1.29, 1.82) is 0 Å². The molecule has 7 heteroatoms. The van der Waals surface area contributed by atoms with Crippen molar-refractivity contribution in [1.82, 2.24) is 5.32 Å². The molecule has 0 saturated carbocycles. The van der Waals surface area contributed by atoms with Gasteiger partial charge in [-0.3, -0.25) is 4.79 Å². The molecular weight excluding hydrogens is 305 g/mol. The largest absolute Gasteiger partial charge is 0.478 e. The first-order chi connectivity index (χ1) is 10.9. The molecule has 118 valence electrons. The van der Waals surface area contributed by atoms with Gasteiger partial charge in [0.1, 0.15) is 5.82 Å². The lowest BCUT2D eigenvalue weighted by molar-refractivity contribution is 0.0683. The number of aromatic carboxylic acids is 2. The third kappa shape index (κ3) is 3.70. The van der Waals surface area contributed by atoms with E-state index in [-0.39, 0.29) is 12.1 Å². The fraction of sp³-hybridized carbons (Fsp3) is 0.0625. The third-order valence-electron chi connectivity index (χ3n) is 3.13. The Bertz CT molecular complexity index is 771. The highest BCUT2D eigenvalue weighted by atomic mass is 19.1. The number of hydrogen-bond acceptors (Lipinski definition) is 3. The summed E-state index contributed by atoms with van der Waals surface area (Å²) >= 11 is 0. The summed E-state index contributed by atoms with van der Waals surface area (Å²) in [6.45, 7) is 0.00608. The van der Waals surface area contributed by atoms with Crippen LogP contribution in [-0.2, 0) is 6.54 Å². The van der Waals surface area contributed by atoms with Crippen molar-refractivity contribution in [3.8, 4) is 0 Å². The van der Waals surface area contributed by atoms with Gasteiger partial charge in [0.15, 0.2) is 0 Å². The second-order valence-electron chi connectivity index (χ2n) is 4.65. The summed E-state index contributed by atoms with van der Waals surface area (Å²) in [5.74, 6) is -4.26. The molecule has 6 nitrogen and oxygen atoms in total. The molecule has 0 aliphatic carbocycles. The number of benzene rings is 2. The van der Waals surface area contributed by atoms with E-state index in [4.69, 9.17) is 10.2 Å². The molecule has 0 aliphatic heterocycles. The van der Waals surface area contributed by atoms with E-state index in [2.05, 4.69) is 5.32 Å². The van der Waals surface area contributed by atoms with Crippen LogP contribution in [0.15, 0.2) is 42.5 Å². The topological polar surface area (TPSA) is 104 Å². The minimum Gasteiger partial charge on any atom is -0.478 e. The zero-order valence-corrected chi connectivity index (χ0v) is 11.7. The first-order valence-electron chi connectivity index (χ1n) is 6.52. The van der Waals surface area contributed by atoms with Crippen molar-refractivity contribution in [2.24, 2.45) is 0 Å². The van der Waals surface area contributed by atoms with E-state index >= 15 is 0 Å². The van der Waals surface area contributed by atoms with Gasteiger partial charge in [0.25, 0.3) is 5.91 Å².